The second-order valence-corrected chi connectivity index (χ2v) is 8.31. The molecule has 1 aromatic rings. The lowest BCUT2D eigenvalue weighted by Gasteiger charge is -2.27. The van der Waals surface area contributed by atoms with Gasteiger partial charge in [0.05, 0.1) is 5.60 Å². The fourth-order valence-corrected chi connectivity index (χ4v) is 4.38. The third-order valence-corrected chi connectivity index (χ3v) is 5.80. The summed E-state index contributed by atoms with van der Waals surface area (Å²) in [6, 6.07) is 6.47. The Morgan fingerprint density at radius 2 is 1.96 bits per heavy atom. The third kappa shape index (κ3) is 3.39. The minimum absolute atomic E-state index is 0.147. The quantitative estimate of drug-likeness (QED) is 0.782. The van der Waals surface area contributed by atoms with E-state index in [1.54, 1.807) is 12.1 Å². The van der Waals surface area contributed by atoms with Gasteiger partial charge in [0.2, 0.25) is 0 Å². The fraction of sp³-hybridized carbons (Fsp3) is 0.435. The molecule has 1 atom stereocenters. The first-order valence-corrected chi connectivity index (χ1v) is 9.63. The molecule has 1 aliphatic heterocycles. The number of ether oxygens (including phenoxy) is 1. The van der Waals surface area contributed by atoms with Gasteiger partial charge < -0.3 is 9.84 Å². The second kappa shape index (κ2) is 6.45. The van der Waals surface area contributed by atoms with Crippen molar-refractivity contribution in [1.82, 2.24) is 0 Å². The maximum Gasteiger partial charge on any atom is 0.306 e. The first-order valence-electron chi connectivity index (χ1n) is 9.63. The molecule has 4 heteroatoms. The molecule has 4 rings (SSSR count). The van der Waals surface area contributed by atoms with Gasteiger partial charge in [0.1, 0.15) is 11.9 Å². The first-order chi connectivity index (χ1) is 12.8. The number of benzene rings is 1. The Bertz CT molecular complexity index is 849. The molecule has 0 bridgehead atoms. The van der Waals surface area contributed by atoms with Gasteiger partial charge in [-0.05, 0) is 80.0 Å². The molecular formula is C23H25FO3. The van der Waals surface area contributed by atoms with Crippen molar-refractivity contribution < 1.29 is 19.0 Å². The molecule has 1 aromatic carbocycles. The number of hydrogen-bond donors (Lipinski definition) is 1. The highest BCUT2D eigenvalue weighted by molar-refractivity contribution is 5.86. The van der Waals surface area contributed by atoms with E-state index in [-0.39, 0.29) is 23.3 Å². The van der Waals surface area contributed by atoms with Crippen molar-refractivity contribution in [3.63, 3.8) is 0 Å². The summed E-state index contributed by atoms with van der Waals surface area (Å²) >= 11 is 0. The maximum absolute atomic E-state index is 13.4. The summed E-state index contributed by atoms with van der Waals surface area (Å²) in [4.78, 5) is 11.6. The Kier molecular flexibility index (Phi) is 4.34. The second-order valence-electron chi connectivity index (χ2n) is 8.31. The first kappa shape index (κ1) is 18.2. The van der Waals surface area contributed by atoms with Crippen LogP contribution < -0.4 is 0 Å². The van der Waals surface area contributed by atoms with E-state index >= 15 is 0 Å². The zero-order valence-corrected chi connectivity index (χ0v) is 15.8. The van der Waals surface area contributed by atoms with Crippen molar-refractivity contribution in [3.8, 4) is 0 Å². The number of esters is 1. The lowest BCUT2D eigenvalue weighted by atomic mass is 9.82. The molecule has 3 aliphatic rings. The van der Waals surface area contributed by atoms with Crippen LogP contribution in [0.15, 0.2) is 53.6 Å². The highest BCUT2D eigenvalue weighted by Crippen LogP contribution is 2.65. The molecule has 2 fully saturated rings. The van der Waals surface area contributed by atoms with Crippen LogP contribution in [0.1, 0.15) is 51.5 Å². The summed E-state index contributed by atoms with van der Waals surface area (Å²) < 4.78 is 18.8. The molecule has 1 N–H and O–H groups in total. The molecule has 1 spiro atoms. The number of hydrogen-bond acceptors (Lipinski definition) is 3. The number of carbonyl (C=O) groups excluding carboxylic acids is 1. The van der Waals surface area contributed by atoms with E-state index in [1.807, 2.05) is 19.9 Å². The Morgan fingerprint density at radius 1 is 1.26 bits per heavy atom. The Hall–Kier alpha value is -2.20. The van der Waals surface area contributed by atoms with Gasteiger partial charge in [-0.3, -0.25) is 4.79 Å². The largest absolute Gasteiger partial charge is 0.458 e. The van der Waals surface area contributed by atoms with E-state index in [1.165, 1.54) is 12.1 Å². The summed E-state index contributed by atoms with van der Waals surface area (Å²) in [5, 5.41) is 10.7. The van der Waals surface area contributed by atoms with Gasteiger partial charge in [-0.1, -0.05) is 24.3 Å². The normalized spacial score (nSPS) is 24.5. The number of carbonyl (C=O) groups is 1. The average Bonchev–Trinajstić information content (AvgIpc) is 3.30. The minimum atomic E-state index is -0.922. The van der Waals surface area contributed by atoms with Crippen LogP contribution in [-0.2, 0) is 9.53 Å². The van der Waals surface area contributed by atoms with Gasteiger partial charge in [-0.25, -0.2) is 4.39 Å². The lowest BCUT2D eigenvalue weighted by molar-refractivity contribution is -0.150. The highest BCUT2D eigenvalue weighted by Gasteiger charge is 2.55. The number of aliphatic hydroxyl groups is 1. The molecule has 0 radical (unpaired) electrons. The number of cyclic esters (lactones) is 1. The van der Waals surface area contributed by atoms with E-state index in [0.717, 1.165) is 48.0 Å². The maximum atomic E-state index is 13.4. The Balaban J connectivity index is 1.74. The van der Waals surface area contributed by atoms with Crippen molar-refractivity contribution in [1.29, 1.82) is 0 Å². The lowest BCUT2D eigenvalue weighted by Crippen LogP contribution is -2.27. The molecule has 142 valence electrons. The van der Waals surface area contributed by atoms with E-state index in [0.29, 0.717) is 6.42 Å². The molecule has 3 nitrogen and oxygen atoms in total. The Morgan fingerprint density at radius 3 is 2.56 bits per heavy atom. The molecule has 0 aromatic heterocycles. The van der Waals surface area contributed by atoms with Gasteiger partial charge >= 0.3 is 5.97 Å². The number of rotatable bonds is 4. The topological polar surface area (TPSA) is 46.5 Å². The van der Waals surface area contributed by atoms with Gasteiger partial charge in [0.15, 0.2) is 0 Å². The molecular weight excluding hydrogens is 343 g/mol. The van der Waals surface area contributed by atoms with Crippen LogP contribution in [-0.4, -0.2) is 22.8 Å². The standard InChI is InChI=1S/C23H25FO3/c1-22(2,26)20-14-18(15-6-8-16(24)9-7-15)19(23(20)12-13-23)11-10-17-4-3-5-21(25)27-17/h6-11,14,17,26H,3-5,12-13H2,1-2H3/b11-10+. The average molecular weight is 368 g/mol. The smallest absolute Gasteiger partial charge is 0.306 e. The number of allylic oxidation sites excluding steroid dienone is 4. The van der Waals surface area contributed by atoms with Crippen molar-refractivity contribution >= 4 is 11.5 Å². The molecule has 27 heavy (non-hydrogen) atoms. The van der Waals surface area contributed by atoms with Gasteiger partial charge in [0.25, 0.3) is 0 Å². The van der Waals surface area contributed by atoms with Crippen molar-refractivity contribution in [2.45, 2.75) is 57.7 Å². The van der Waals surface area contributed by atoms with Crippen molar-refractivity contribution in [2.75, 3.05) is 0 Å². The SMILES string of the molecule is CC(C)(O)C1=CC(c2ccc(F)cc2)=C(/C=C/C2CCCC(=O)O2)C12CC2. The van der Waals surface area contributed by atoms with Crippen molar-refractivity contribution in [2.24, 2.45) is 5.41 Å². The molecule has 2 aliphatic carbocycles. The van der Waals surface area contributed by atoms with Gasteiger partial charge in [-0.2, -0.15) is 0 Å². The van der Waals surface area contributed by atoms with Crippen molar-refractivity contribution in [3.05, 3.63) is 65.0 Å². The van der Waals surface area contributed by atoms with E-state index in [2.05, 4.69) is 12.2 Å². The van der Waals surface area contributed by atoms with E-state index in [9.17, 15) is 14.3 Å². The van der Waals surface area contributed by atoms with Crippen LogP contribution in [0.25, 0.3) is 5.57 Å². The molecule has 1 heterocycles. The van der Waals surface area contributed by atoms with Crippen LogP contribution in [0.3, 0.4) is 0 Å². The third-order valence-electron chi connectivity index (χ3n) is 5.80. The summed E-state index contributed by atoms with van der Waals surface area (Å²) in [7, 11) is 0. The van der Waals surface area contributed by atoms with Gasteiger partial charge in [-0.15, -0.1) is 0 Å². The van der Waals surface area contributed by atoms with Crippen LogP contribution in [0.2, 0.25) is 0 Å². The summed E-state index contributed by atoms with van der Waals surface area (Å²) in [5.41, 5.74) is 3.01. The predicted octanol–water partition coefficient (Wildman–Crippen LogP) is 4.72. The molecule has 1 saturated carbocycles. The fourth-order valence-electron chi connectivity index (χ4n) is 4.38. The van der Waals surface area contributed by atoms with Gasteiger partial charge in [0, 0.05) is 11.8 Å². The molecule has 1 unspecified atom stereocenters. The highest BCUT2D eigenvalue weighted by atomic mass is 19.1. The summed E-state index contributed by atoms with van der Waals surface area (Å²) in [6.07, 6.45) is 10.0. The molecule has 1 saturated heterocycles. The van der Waals surface area contributed by atoms with Crippen LogP contribution >= 0.6 is 0 Å². The zero-order valence-electron chi connectivity index (χ0n) is 15.8. The Labute approximate surface area is 159 Å². The summed E-state index contributed by atoms with van der Waals surface area (Å²) in [6.45, 7) is 3.63. The van der Waals surface area contributed by atoms with Crippen LogP contribution in [0.4, 0.5) is 4.39 Å². The van der Waals surface area contributed by atoms with E-state index in [4.69, 9.17) is 4.74 Å². The number of halogens is 1. The summed E-state index contributed by atoms with van der Waals surface area (Å²) in [5.74, 6) is -0.414. The van der Waals surface area contributed by atoms with Crippen LogP contribution in [0.5, 0.6) is 0 Å². The zero-order chi connectivity index (χ0) is 19.2. The minimum Gasteiger partial charge on any atom is -0.458 e. The molecule has 0 amide bonds. The predicted molar refractivity (Wildman–Crippen MR) is 102 cm³/mol. The van der Waals surface area contributed by atoms with E-state index < -0.39 is 5.60 Å². The monoisotopic (exact) mass is 368 g/mol. The van der Waals surface area contributed by atoms with Crippen LogP contribution in [0, 0.1) is 11.2 Å².